The topological polar surface area (TPSA) is 47.4 Å². The highest BCUT2D eigenvalue weighted by Crippen LogP contribution is 2.33. The zero-order chi connectivity index (χ0) is 21.1. The largest absolute Gasteiger partial charge is 0.449 e. The summed E-state index contributed by atoms with van der Waals surface area (Å²) >= 11 is 0. The highest BCUT2D eigenvalue weighted by molar-refractivity contribution is 5.76. The van der Waals surface area contributed by atoms with E-state index in [0.29, 0.717) is 24.1 Å². The van der Waals surface area contributed by atoms with E-state index in [-0.39, 0.29) is 19.1 Å². The van der Waals surface area contributed by atoms with Crippen LogP contribution in [0.25, 0.3) is 11.0 Å². The van der Waals surface area contributed by atoms with Gasteiger partial charge in [0, 0.05) is 19.6 Å². The number of halogens is 3. The van der Waals surface area contributed by atoms with Gasteiger partial charge >= 0.3 is 12.3 Å². The number of alkyl halides is 3. The first kappa shape index (κ1) is 20.3. The van der Waals surface area contributed by atoms with Crippen LogP contribution in [0.1, 0.15) is 24.2 Å². The molecule has 1 fully saturated rings. The minimum Gasteiger partial charge on any atom is -0.445 e. The maximum Gasteiger partial charge on any atom is 0.449 e. The Morgan fingerprint density at radius 2 is 1.83 bits per heavy atom. The number of hydrogen-bond donors (Lipinski definition) is 0. The number of fused-ring (bicyclic) bond motifs is 1. The quantitative estimate of drug-likeness (QED) is 0.593. The van der Waals surface area contributed by atoms with Crippen LogP contribution in [0.5, 0.6) is 0 Å². The molecule has 8 heteroatoms. The van der Waals surface area contributed by atoms with Gasteiger partial charge in [-0.15, -0.1) is 0 Å². The summed E-state index contributed by atoms with van der Waals surface area (Å²) in [6.07, 6.45) is -3.51. The van der Waals surface area contributed by atoms with Crippen molar-refractivity contribution in [2.45, 2.75) is 32.2 Å². The maximum atomic E-state index is 13.5. The number of benzene rings is 2. The number of piperidine rings is 1. The lowest BCUT2D eigenvalue weighted by Crippen LogP contribution is -2.41. The Morgan fingerprint density at radius 3 is 2.60 bits per heavy atom. The summed E-state index contributed by atoms with van der Waals surface area (Å²) in [6.45, 7) is 1.22. The Balaban J connectivity index is 1.46. The number of aromatic nitrogens is 2. The Kier molecular flexibility index (Phi) is 5.65. The van der Waals surface area contributed by atoms with Crippen LogP contribution in [-0.2, 0) is 24.1 Å². The summed E-state index contributed by atoms with van der Waals surface area (Å²) in [6, 6.07) is 16.0. The first-order valence-electron chi connectivity index (χ1n) is 9.90. The summed E-state index contributed by atoms with van der Waals surface area (Å²) in [5, 5.41) is 0. The van der Waals surface area contributed by atoms with Crippen LogP contribution in [-0.4, -0.2) is 33.6 Å². The molecule has 30 heavy (non-hydrogen) atoms. The fourth-order valence-electron chi connectivity index (χ4n) is 3.93. The van der Waals surface area contributed by atoms with Gasteiger partial charge in [0.2, 0.25) is 5.82 Å². The summed E-state index contributed by atoms with van der Waals surface area (Å²) in [5.41, 5.74) is 1.66. The van der Waals surface area contributed by atoms with Crippen LogP contribution in [0, 0.1) is 5.92 Å². The highest BCUT2D eigenvalue weighted by Gasteiger charge is 2.38. The number of carbonyl (C=O) groups is 1. The molecule has 0 spiro atoms. The van der Waals surface area contributed by atoms with Crippen LogP contribution >= 0.6 is 0 Å². The minimum absolute atomic E-state index is 0.110. The van der Waals surface area contributed by atoms with Crippen LogP contribution < -0.4 is 0 Å². The molecule has 2 aromatic carbocycles. The van der Waals surface area contributed by atoms with Gasteiger partial charge in [-0.05, 0) is 36.5 Å². The molecule has 1 unspecified atom stereocenters. The molecule has 5 nitrogen and oxygen atoms in total. The molecule has 158 valence electrons. The minimum atomic E-state index is -4.54. The van der Waals surface area contributed by atoms with Crippen molar-refractivity contribution in [3.63, 3.8) is 0 Å². The number of imidazole rings is 1. The van der Waals surface area contributed by atoms with E-state index in [1.807, 2.05) is 30.3 Å². The van der Waals surface area contributed by atoms with Crippen LogP contribution in [0.2, 0.25) is 0 Å². The van der Waals surface area contributed by atoms with Gasteiger partial charge in [0.1, 0.15) is 6.61 Å². The molecule has 0 saturated carbocycles. The van der Waals surface area contributed by atoms with E-state index in [2.05, 4.69) is 4.98 Å². The Labute approximate surface area is 172 Å². The summed E-state index contributed by atoms with van der Waals surface area (Å²) in [4.78, 5) is 17.8. The summed E-state index contributed by atoms with van der Waals surface area (Å²) in [5.74, 6) is -1.01. The van der Waals surface area contributed by atoms with E-state index >= 15 is 0 Å². The number of nitrogens with zero attached hydrogens (tertiary/aromatic N) is 3. The number of rotatable bonds is 4. The normalized spacial score (nSPS) is 17.3. The van der Waals surface area contributed by atoms with Gasteiger partial charge in [0.05, 0.1) is 11.0 Å². The van der Waals surface area contributed by atoms with Crippen molar-refractivity contribution in [3.05, 3.63) is 66.0 Å². The standard InChI is InChI=1S/C22H22F3N3O2/c23-22(24,25)20-26-18-10-4-5-11-19(18)28(20)14-17-9-6-12-27(13-17)21(29)30-15-16-7-2-1-3-8-16/h1-5,7-8,10-11,17H,6,9,12-15H2. The van der Waals surface area contributed by atoms with E-state index in [1.165, 1.54) is 4.57 Å². The zero-order valence-corrected chi connectivity index (χ0v) is 16.3. The third-order valence-electron chi connectivity index (χ3n) is 5.33. The number of ether oxygens (including phenoxy) is 1. The average molecular weight is 417 g/mol. The predicted octanol–water partition coefficient (Wildman–Crippen LogP) is 5.10. The monoisotopic (exact) mass is 417 g/mol. The van der Waals surface area contributed by atoms with Crippen LogP contribution in [0.15, 0.2) is 54.6 Å². The summed E-state index contributed by atoms with van der Waals surface area (Å²) < 4.78 is 47.2. The Bertz CT molecular complexity index is 1020. The molecule has 0 N–H and O–H groups in total. The van der Waals surface area contributed by atoms with Gasteiger partial charge in [-0.25, -0.2) is 9.78 Å². The summed E-state index contributed by atoms with van der Waals surface area (Å²) in [7, 11) is 0. The van der Waals surface area contributed by atoms with Gasteiger partial charge < -0.3 is 14.2 Å². The molecule has 0 radical (unpaired) electrons. The smallest absolute Gasteiger partial charge is 0.445 e. The van der Waals surface area contributed by atoms with E-state index in [1.54, 1.807) is 29.2 Å². The lowest BCUT2D eigenvalue weighted by molar-refractivity contribution is -0.147. The number of hydrogen-bond acceptors (Lipinski definition) is 3. The molecule has 4 rings (SSSR count). The lowest BCUT2D eigenvalue weighted by Gasteiger charge is -2.32. The van der Waals surface area contributed by atoms with E-state index in [0.717, 1.165) is 18.4 Å². The van der Waals surface area contributed by atoms with E-state index < -0.39 is 18.1 Å². The fraction of sp³-hybridized carbons (Fsp3) is 0.364. The van der Waals surface area contributed by atoms with Crippen molar-refractivity contribution in [2.24, 2.45) is 5.92 Å². The molecule has 1 aliphatic heterocycles. The highest BCUT2D eigenvalue weighted by atomic mass is 19.4. The third kappa shape index (κ3) is 4.42. The molecule has 3 aromatic rings. The van der Waals surface area contributed by atoms with Crippen molar-refractivity contribution in [2.75, 3.05) is 13.1 Å². The lowest BCUT2D eigenvalue weighted by atomic mass is 9.98. The van der Waals surface area contributed by atoms with Crippen molar-refractivity contribution in [1.29, 1.82) is 0 Å². The maximum absolute atomic E-state index is 13.5. The van der Waals surface area contributed by atoms with Crippen molar-refractivity contribution < 1.29 is 22.7 Å². The molecule has 1 aliphatic rings. The Morgan fingerprint density at radius 1 is 1.10 bits per heavy atom. The zero-order valence-electron chi connectivity index (χ0n) is 16.3. The number of para-hydroxylation sites is 2. The second-order valence-corrected chi connectivity index (χ2v) is 7.53. The van der Waals surface area contributed by atoms with Crippen LogP contribution in [0.3, 0.4) is 0 Å². The fourth-order valence-corrected chi connectivity index (χ4v) is 3.93. The molecular formula is C22H22F3N3O2. The first-order chi connectivity index (χ1) is 14.4. The molecule has 1 aromatic heterocycles. The number of likely N-dealkylation sites (tertiary alicyclic amines) is 1. The third-order valence-corrected chi connectivity index (χ3v) is 5.33. The van der Waals surface area contributed by atoms with Gasteiger partial charge in [0.15, 0.2) is 0 Å². The predicted molar refractivity (Wildman–Crippen MR) is 106 cm³/mol. The van der Waals surface area contributed by atoms with Gasteiger partial charge in [-0.1, -0.05) is 42.5 Å². The molecule has 2 heterocycles. The van der Waals surface area contributed by atoms with Gasteiger partial charge in [-0.2, -0.15) is 13.2 Å². The molecule has 0 bridgehead atoms. The molecule has 0 aliphatic carbocycles. The van der Waals surface area contributed by atoms with Crippen molar-refractivity contribution in [3.8, 4) is 0 Å². The average Bonchev–Trinajstić information content (AvgIpc) is 3.12. The van der Waals surface area contributed by atoms with E-state index in [9.17, 15) is 18.0 Å². The second-order valence-electron chi connectivity index (χ2n) is 7.53. The first-order valence-corrected chi connectivity index (χ1v) is 9.90. The van der Waals surface area contributed by atoms with Crippen molar-refractivity contribution in [1.82, 2.24) is 14.5 Å². The Hall–Kier alpha value is -3.03. The van der Waals surface area contributed by atoms with E-state index in [4.69, 9.17) is 4.74 Å². The molecule has 1 amide bonds. The number of amides is 1. The SMILES string of the molecule is O=C(OCc1ccccc1)N1CCCC(Cn2c(C(F)(F)F)nc3ccccc32)C1. The van der Waals surface area contributed by atoms with Gasteiger partial charge in [0.25, 0.3) is 0 Å². The second kappa shape index (κ2) is 8.38. The van der Waals surface area contributed by atoms with Crippen molar-refractivity contribution >= 4 is 17.1 Å². The van der Waals surface area contributed by atoms with Crippen LogP contribution in [0.4, 0.5) is 18.0 Å². The van der Waals surface area contributed by atoms with Gasteiger partial charge in [-0.3, -0.25) is 0 Å². The number of carbonyl (C=O) groups excluding carboxylic acids is 1. The molecule has 1 atom stereocenters. The molecular weight excluding hydrogens is 395 g/mol. The molecule has 1 saturated heterocycles.